The Labute approximate surface area is 212 Å². The van der Waals surface area contributed by atoms with E-state index in [1.54, 1.807) is 6.20 Å². The normalized spacial score (nSPS) is 18.6. The average molecular weight is 517 g/mol. The molecule has 1 aromatic carbocycles. The van der Waals surface area contributed by atoms with Crippen LogP contribution in [0.3, 0.4) is 0 Å². The summed E-state index contributed by atoms with van der Waals surface area (Å²) in [4.78, 5) is 66.1. The molecule has 5 atom stereocenters. The third kappa shape index (κ3) is 6.62. The van der Waals surface area contributed by atoms with E-state index in [4.69, 9.17) is 11.5 Å². The number of aliphatic carboxylic acids is 1. The zero-order chi connectivity index (χ0) is 27.3. The van der Waals surface area contributed by atoms with Gasteiger partial charge in [0, 0.05) is 23.6 Å². The first-order valence-corrected chi connectivity index (χ1v) is 11.9. The number of aliphatic hydroxyl groups is 1. The zero-order valence-electron chi connectivity index (χ0n) is 20.3. The van der Waals surface area contributed by atoms with Crippen molar-refractivity contribution < 1.29 is 34.2 Å². The second-order valence-corrected chi connectivity index (χ2v) is 9.16. The summed E-state index contributed by atoms with van der Waals surface area (Å²) >= 11 is 0. The van der Waals surface area contributed by atoms with Crippen LogP contribution in [0.2, 0.25) is 0 Å². The molecular formula is C24H32N6O7. The second-order valence-electron chi connectivity index (χ2n) is 9.16. The van der Waals surface area contributed by atoms with Crippen molar-refractivity contribution in [2.45, 2.75) is 62.9 Å². The number of carbonyl (C=O) groups is 5. The van der Waals surface area contributed by atoms with Gasteiger partial charge >= 0.3 is 5.97 Å². The van der Waals surface area contributed by atoms with E-state index in [1.165, 1.54) is 6.92 Å². The Morgan fingerprint density at radius 1 is 1.16 bits per heavy atom. The number of aromatic amines is 1. The number of para-hydroxylation sites is 1. The smallest absolute Gasteiger partial charge is 0.326 e. The quantitative estimate of drug-likeness (QED) is 0.183. The van der Waals surface area contributed by atoms with Crippen LogP contribution in [-0.4, -0.2) is 86.5 Å². The summed E-state index contributed by atoms with van der Waals surface area (Å²) in [7, 11) is 0. The third-order valence-electron chi connectivity index (χ3n) is 6.36. The van der Waals surface area contributed by atoms with Crippen LogP contribution >= 0.6 is 0 Å². The number of nitrogens with zero attached hydrogens (tertiary/aromatic N) is 1. The minimum absolute atomic E-state index is 0.140. The monoisotopic (exact) mass is 516 g/mol. The Bertz CT molecular complexity index is 1180. The van der Waals surface area contributed by atoms with Crippen molar-refractivity contribution in [2.75, 3.05) is 6.54 Å². The molecule has 13 heteroatoms. The number of aliphatic hydroxyl groups excluding tert-OH is 1. The number of carboxylic acids is 1. The molecule has 1 fully saturated rings. The molecule has 0 saturated carbocycles. The number of nitrogens with one attached hydrogen (secondary N) is 3. The first-order chi connectivity index (χ1) is 17.5. The number of hydrogen-bond acceptors (Lipinski definition) is 7. The van der Waals surface area contributed by atoms with Crippen molar-refractivity contribution in [3.63, 3.8) is 0 Å². The van der Waals surface area contributed by atoms with E-state index in [1.807, 2.05) is 24.3 Å². The zero-order valence-corrected chi connectivity index (χ0v) is 20.3. The van der Waals surface area contributed by atoms with E-state index in [-0.39, 0.29) is 19.4 Å². The molecule has 13 nitrogen and oxygen atoms in total. The van der Waals surface area contributed by atoms with Gasteiger partial charge in [0.15, 0.2) is 0 Å². The maximum Gasteiger partial charge on any atom is 0.326 e. The Morgan fingerprint density at radius 3 is 2.51 bits per heavy atom. The predicted octanol–water partition coefficient (Wildman–Crippen LogP) is -1.66. The van der Waals surface area contributed by atoms with Crippen LogP contribution in [0.4, 0.5) is 0 Å². The number of benzene rings is 1. The molecular weight excluding hydrogens is 484 g/mol. The van der Waals surface area contributed by atoms with Gasteiger partial charge in [-0.15, -0.1) is 0 Å². The molecule has 0 spiro atoms. The topological polar surface area (TPSA) is 221 Å². The number of hydrogen-bond donors (Lipinski definition) is 7. The summed E-state index contributed by atoms with van der Waals surface area (Å²) < 4.78 is 0. The van der Waals surface area contributed by atoms with Crippen molar-refractivity contribution in [3.05, 3.63) is 36.0 Å². The molecule has 2 heterocycles. The Morgan fingerprint density at radius 2 is 1.86 bits per heavy atom. The summed E-state index contributed by atoms with van der Waals surface area (Å²) in [5.74, 6) is -4.54. The SMILES string of the molecule is CC(O)C(NC(=O)C(CC(N)=O)NC(=O)C(N)Cc1c[nH]c2ccccc12)C(=O)N1CCCC1C(=O)O. The fourth-order valence-electron chi connectivity index (χ4n) is 4.43. The van der Waals surface area contributed by atoms with Crippen molar-refractivity contribution in [1.82, 2.24) is 20.5 Å². The van der Waals surface area contributed by atoms with Gasteiger partial charge < -0.3 is 42.2 Å². The van der Waals surface area contributed by atoms with Crippen LogP contribution in [-0.2, 0) is 30.4 Å². The second kappa shape index (κ2) is 11.8. The minimum Gasteiger partial charge on any atom is -0.480 e. The lowest BCUT2D eigenvalue weighted by molar-refractivity contribution is -0.150. The summed E-state index contributed by atoms with van der Waals surface area (Å²) in [6.07, 6.45) is 0.599. The summed E-state index contributed by atoms with van der Waals surface area (Å²) in [6.45, 7) is 1.41. The molecule has 5 unspecified atom stereocenters. The van der Waals surface area contributed by atoms with Crippen molar-refractivity contribution in [3.8, 4) is 0 Å². The Hall–Kier alpha value is -3.97. The van der Waals surface area contributed by atoms with Gasteiger partial charge in [-0.1, -0.05) is 18.2 Å². The van der Waals surface area contributed by atoms with E-state index in [9.17, 15) is 34.2 Å². The fourth-order valence-corrected chi connectivity index (χ4v) is 4.43. The maximum absolute atomic E-state index is 13.0. The summed E-state index contributed by atoms with van der Waals surface area (Å²) in [5, 5.41) is 25.2. The number of primary amides is 1. The van der Waals surface area contributed by atoms with Crippen LogP contribution in [0.5, 0.6) is 0 Å². The van der Waals surface area contributed by atoms with Crippen LogP contribution < -0.4 is 22.1 Å². The van der Waals surface area contributed by atoms with Crippen LogP contribution in [0.15, 0.2) is 30.5 Å². The Kier molecular flexibility index (Phi) is 8.84. The number of rotatable bonds is 11. The lowest BCUT2D eigenvalue weighted by Gasteiger charge is -2.30. The highest BCUT2D eigenvalue weighted by atomic mass is 16.4. The number of carboxylic acid groups (broad SMARTS) is 1. The standard InChI is InChI=1S/C24H32N6O7/c1-12(31)20(23(35)30-8-4-7-18(30)24(36)37)29-22(34)17(10-19(26)32)28-21(33)15(25)9-13-11-27-16-6-3-2-5-14(13)16/h2-3,5-6,11-12,15,17-18,20,27,31H,4,7-10,25H2,1H3,(H2,26,32)(H,28,33)(H,29,34)(H,36,37). The fraction of sp³-hybridized carbons (Fsp3) is 0.458. The molecule has 200 valence electrons. The molecule has 1 aliphatic heterocycles. The number of likely N-dealkylation sites (tertiary alicyclic amines) is 1. The number of fused-ring (bicyclic) bond motifs is 1. The van der Waals surface area contributed by atoms with E-state index < -0.39 is 66.3 Å². The molecule has 1 saturated heterocycles. The summed E-state index contributed by atoms with van der Waals surface area (Å²) in [5.41, 5.74) is 13.0. The molecule has 4 amide bonds. The van der Waals surface area contributed by atoms with E-state index in [0.29, 0.717) is 6.42 Å². The van der Waals surface area contributed by atoms with Gasteiger partial charge in [0.2, 0.25) is 23.6 Å². The minimum atomic E-state index is -1.50. The van der Waals surface area contributed by atoms with Crippen LogP contribution in [0.25, 0.3) is 10.9 Å². The largest absolute Gasteiger partial charge is 0.480 e. The van der Waals surface area contributed by atoms with Crippen molar-refractivity contribution >= 4 is 40.5 Å². The average Bonchev–Trinajstić information content (AvgIpc) is 3.49. The number of H-pyrrole nitrogens is 1. The molecule has 1 aromatic heterocycles. The Balaban J connectivity index is 1.70. The van der Waals surface area contributed by atoms with Crippen molar-refractivity contribution in [1.29, 1.82) is 0 Å². The van der Waals surface area contributed by atoms with Gasteiger partial charge in [-0.3, -0.25) is 19.2 Å². The van der Waals surface area contributed by atoms with Gasteiger partial charge in [0.1, 0.15) is 18.1 Å². The lowest BCUT2D eigenvalue weighted by atomic mass is 10.0. The number of carbonyl (C=O) groups excluding carboxylic acids is 4. The molecule has 0 radical (unpaired) electrons. The number of nitrogens with two attached hydrogens (primary N) is 2. The van der Waals surface area contributed by atoms with E-state index in [0.717, 1.165) is 21.4 Å². The first kappa shape index (κ1) is 27.6. The van der Waals surface area contributed by atoms with Gasteiger partial charge in [-0.2, -0.15) is 0 Å². The molecule has 0 aliphatic carbocycles. The molecule has 37 heavy (non-hydrogen) atoms. The number of amides is 4. The highest BCUT2D eigenvalue weighted by Gasteiger charge is 2.40. The van der Waals surface area contributed by atoms with E-state index >= 15 is 0 Å². The highest BCUT2D eigenvalue weighted by molar-refractivity contribution is 5.96. The maximum atomic E-state index is 13.0. The summed E-state index contributed by atoms with van der Waals surface area (Å²) in [6, 6.07) is 2.34. The van der Waals surface area contributed by atoms with Crippen LogP contribution in [0.1, 0.15) is 31.7 Å². The van der Waals surface area contributed by atoms with Crippen LogP contribution in [0, 0.1) is 0 Å². The molecule has 9 N–H and O–H groups in total. The molecule has 2 aromatic rings. The predicted molar refractivity (Wildman–Crippen MR) is 132 cm³/mol. The molecule has 1 aliphatic rings. The van der Waals surface area contributed by atoms with Crippen molar-refractivity contribution in [2.24, 2.45) is 11.5 Å². The highest BCUT2D eigenvalue weighted by Crippen LogP contribution is 2.20. The third-order valence-corrected chi connectivity index (χ3v) is 6.36. The van der Waals surface area contributed by atoms with E-state index in [2.05, 4.69) is 15.6 Å². The number of aromatic nitrogens is 1. The van der Waals surface area contributed by atoms with Gasteiger partial charge in [0.25, 0.3) is 0 Å². The molecule has 0 bridgehead atoms. The first-order valence-electron chi connectivity index (χ1n) is 11.9. The lowest BCUT2D eigenvalue weighted by Crippen LogP contribution is -2.60. The van der Waals surface area contributed by atoms with Gasteiger partial charge in [0.05, 0.1) is 18.6 Å². The molecule has 3 rings (SSSR count). The van der Waals surface area contributed by atoms with Gasteiger partial charge in [-0.25, -0.2) is 4.79 Å². The van der Waals surface area contributed by atoms with Gasteiger partial charge in [-0.05, 0) is 37.8 Å².